The van der Waals surface area contributed by atoms with Crippen LogP contribution in [0.15, 0.2) is 59.7 Å². The molecule has 1 saturated heterocycles. The number of amides is 2. The number of fused-ring (bicyclic) bond motifs is 1. The van der Waals surface area contributed by atoms with Gasteiger partial charge in [0.05, 0.1) is 32.1 Å². The average Bonchev–Trinajstić information content (AvgIpc) is 2.87. The van der Waals surface area contributed by atoms with Gasteiger partial charge in [-0.1, -0.05) is 24.3 Å². The molecule has 1 N–H and O–H groups in total. The number of morpholine rings is 1. The van der Waals surface area contributed by atoms with Gasteiger partial charge in [-0.05, 0) is 35.9 Å². The molecule has 2 amide bonds. The lowest BCUT2D eigenvalue weighted by atomic mass is 10.2. The van der Waals surface area contributed by atoms with Crippen molar-refractivity contribution >= 4 is 28.9 Å². The van der Waals surface area contributed by atoms with Crippen LogP contribution >= 0.6 is 0 Å². The fourth-order valence-corrected chi connectivity index (χ4v) is 3.34. The molecule has 1 aromatic heterocycles. The van der Waals surface area contributed by atoms with Crippen LogP contribution < -0.4 is 14.9 Å². The van der Waals surface area contributed by atoms with Crippen LogP contribution in [0.1, 0.15) is 16.1 Å². The van der Waals surface area contributed by atoms with E-state index in [0.717, 1.165) is 10.9 Å². The number of ether oxygens (including phenoxy) is 3. The zero-order valence-corrected chi connectivity index (χ0v) is 18.2. The third-order valence-corrected chi connectivity index (χ3v) is 5.11. The second kappa shape index (κ2) is 10.6. The zero-order valence-electron chi connectivity index (χ0n) is 18.2. The Morgan fingerprint density at radius 3 is 2.76 bits per heavy atom. The molecule has 0 spiro atoms. The number of aromatic nitrogens is 1. The molecule has 2 aromatic carbocycles. The molecule has 9 heteroatoms. The summed E-state index contributed by atoms with van der Waals surface area (Å²) < 4.78 is 16.3. The van der Waals surface area contributed by atoms with E-state index in [1.54, 1.807) is 29.2 Å². The molecule has 0 atom stereocenters. The smallest absolute Gasteiger partial charge is 0.289 e. The molecule has 0 aliphatic carbocycles. The highest BCUT2D eigenvalue weighted by Gasteiger charge is 2.18. The molecule has 33 heavy (non-hydrogen) atoms. The maximum atomic E-state index is 12.4. The van der Waals surface area contributed by atoms with Gasteiger partial charge in [-0.3, -0.25) is 9.59 Å². The number of methoxy groups -OCH3 is 1. The van der Waals surface area contributed by atoms with E-state index in [0.29, 0.717) is 43.4 Å². The largest absolute Gasteiger partial charge is 0.493 e. The number of para-hydroxylation sites is 1. The standard InChI is InChI=1S/C24H24N4O5/c1-31-22-14-17(6-9-21(22)33-16-23(29)28-10-12-32-13-11-28)15-25-27-24(30)20-8-7-18-4-2-3-5-19(18)26-20/h2-9,14-15H,10-13,16H2,1H3,(H,27,30). The Morgan fingerprint density at radius 1 is 1.12 bits per heavy atom. The zero-order chi connectivity index (χ0) is 23.0. The number of hydrogen-bond acceptors (Lipinski definition) is 7. The molecule has 0 saturated carbocycles. The van der Waals surface area contributed by atoms with Gasteiger partial charge in [-0.15, -0.1) is 0 Å². The molecular weight excluding hydrogens is 424 g/mol. The summed E-state index contributed by atoms with van der Waals surface area (Å²) in [7, 11) is 1.51. The minimum Gasteiger partial charge on any atom is -0.493 e. The first-order valence-electron chi connectivity index (χ1n) is 10.5. The van der Waals surface area contributed by atoms with Gasteiger partial charge in [0.2, 0.25) is 0 Å². The minimum atomic E-state index is -0.412. The summed E-state index contributed by atoms with van der Waals surface area (Å²) in [6.07, 6.45) is 1.49. The van der Waals surface area contributed by atoms with Crippen molar-refractivity contribution in [3.8, 4) is 11.5 Å². The van der Waals surface area contributed by atoms with Crippen molar-refractivity contribution in [3.63, 3.8) is 0 Å². The van der Waals surface area contributed by atoms with Crippen LogP contribution in [0.4, 0.5) is 0 Å². The second-order valence-corrected chi connectivity index (χ2v) is 7.28. The number of carbonyl (C=O) groups is 2. The molecule has 170 valence electrons. The molecule has 1 aliphatic heterocycles. The summed E-state index contributed by atoms with van der Waals surface area (Å²) in [6.45, 7) is 2.12. The predicted octanol–water partition coefficient (Wildman–Crippen LogP) is 2.24. The number of nitrogens with one attached hydrogen (secondary N) is 1. The summed E-state index contributed by atoms with van der Waals surface area (Å²) in [6, 6.07) is 16.2. The highest BCUT2D eigenvalue weighted by atomic mass is 16.5. The lowest BCUT2D eigenvalue weighted by molar-refractivity contribution is -0.137. The first-order valence-corrected chi connectivity index (χ1v) is 10.5. The van der Waals surface area contributed by atoms with E-state index in [2.05, 4.69) is 15.5 Å². The van der Waals surface area contributed by atoms with E-state index in [-0.39, 0.29) is 18.2 Å². The Morgan fingerprint density at radius 2 is 1.94 bits per heavy atom. The maximum Gasteiger partial charge on any atom is 0.289 e. The number of pyridine rings is 1. The van der Waals surface area contributed by atoms with Crippen molar-refractivity contribution in [2.45, 2.75) is 0 Å². The van der Waals surface area contributed by atoms with Crippen LogP contribution in [0.25, 0.3) is 10.9 Å². The van der Waals surface area contributed by atoms with E-state index in [4.69, 9.17) is 14.2 Å². The maximum absolute atomic E-state index is 12.4. The van der Waals surface area contributed by atoms with Crippen LogP contribution in [0.3, 0.4) is 0 Å². The SMILES string of the molecule is COc1cc(C=NNC(=O)c2ccc3ccccc3n2)ccc1OCC(=O)N1CCOCC1. The summed E-state index contributed by atoms with van der Waals surface area (Å²) >= 11 is 0. The van der Waals surface area contributed by atoms with Gasteiger partial charge in [0, 0.05) is 18.5 Å². The first-order chi connectivity index (χ1) is 16.1. The van der Waals surface area contributed by atoms with Crippen LogP contribution in [-0.4, -0.2) is 67.9 Å². The molecule has 0 radical (unpaired) electrons. The van der Waals surface area contributed by atoms with Gasteiger partial charge in [0.15, 0.2) is 18.1 Å². The molecule has 1 fully saturated rings. The van der Waals surface area contributed by atoms with Gasteiger partial charge in [0.1, 0.15) is 5.69 Å². The molecule has 0 unspecified atom stereocenters. The molecule has 9 nitrogen and oxygen atoms in total. The third-order valence-electron chi connectivity index (χ3n) is 5.11. The average molecular weight is 448 g/mol. The number of hydrogen-bond donors (Lipinski definition) is 1. The lowest BCUT2D eigenvalue weighted by Crippen LogP contribution is -2.43. The quantitative estimate of drug-likeness (QED) is 0.439. The van der Waals surface area contributed by atoms with Crippen molar-refractivity contribution < 1.29 is 23.8 Å². The summed E-state index contributed by atoms with van der Waals surface area (Å²) in [5.41, 5.74) is 4.17. The Kier molecular flexibility index (Phi) is 7.11. The van der Waals surface area contributed by atoms with Crippen LogP contribution in [0.5, 0.6) is 11.5 Å². The van der Waals surface area contributed by atoms with E-state index in [1.807, 2.05) is 30.3 Å². The number of rotatable bonds is 7. The number of benzene rings is 2. The summed E-state index contributed by atoms with van der Waals surface area (Å²) in [5.74, 6) is 0.387. The van der Waals surface area contributed by atoms with Crippen molar-refractivity contribution in [2.24, 2.45) is 5.10 Å². The van der Waals surface area contributed by atoms with Crippen LogP contribution in [-0.2, 0) is 9.53 Å². The fourth-order valence-electron chi connectivity index (χ4n) is 3.34. The normalized spacial score (nSPS) is 13.8. The Bertz CT molecular complexity index is 1170. The van der Waals surface area contributed by atoms with Gasteiger partial charge in [-0.2, -0.15) is 5.10 Å². The van der Waals surface area contributed by atoms with E-state index < -0.39 is 5.91 Å². The lowest BCUT2D eigenvalue weighted by Gasteiger charge is -2.26. The van der Waals surface area contributed by atoms with Crippen LogP contribution in [0, 0.1) is 0 Å². The Labute approximate surface area is 191 Å². The third kappa shape index (κ3) is 5.64. The van der Waals surface area contributed by atoms with Crippen LogP contribution in [0.2, 0.25) is 0 Å². The Balaban J connectivity index is 1.35. The molecule has 4 rings (SSSR count). The highest BCUT2D eigenvalue weighted by Crippen LogP contribution is 2.27. The Hall–Kier alpha value is -3.98. The number of hydrazone groups is 1. The highest BCUT2D eigenvalue weighted by molar-refractivity contribution is 5.95. The van der Waals surface area contributed by atoms with Crippen molar-refractivity contribution in [2.75, 3.05) is 40.0 Å². The monoisotopic (exact) mass is 448 g/mol. The van der Waals surface area contributed by atoms with Crippen molar-refractivity contribution in [3.05, 3.63) is 65.9 Å². The number of carbonyl (C=O) groups excluding carboxylic acids is 2. The minimum absolute atomic E-state index is 0.0847. The van der Waals surface area contributed by atoms with E-state index >= 15 is 0 Å². The number of nitrogens with zero attached hydrogens (tertiary/aromatic N) is 3. The van der Waals surface area contributed by atoms with E-state index in [9.17, 15) is 9.59 Å². The van der Waals surface area contributed by atoms with E-state index in [1.165, 1.54) is 13.3 Å². The van der Waals surface area contributed by atoms with Gasteiger partial charge in [0.25, 0.3) is 11.8 Å². The summed E-state index contributed by atoms with van der Waals surface area (Å²) in [4.78, 5) is 30.7. The molecule has 3 aromatic rings. The molecular formula is C24H24N4O5. The van der Waals surface area contributed by atoms with Gasteiger partial charge in [-0.25, -0.2) is 10.4 Å². The van der Waals surface area contributed by atoms with Gasteiger partial charge >= 0.3 is 0 Å². The topological polar surface area (TPSA) is 102 Å². The van der Waals surface area contributed by atoms with Crippen molar-refractivity contribution in [1.82, 2.24) is 15.3 Å². The molecule has 2 heterocycles. The van der Waals surface area contributed by atoms with Crippen molar-refractivity contribution in [1.29, 1.82) is 0 Å². The summed E-state index contributed by atoms with van der Waals surface area (Å²) in [5, 5.41) is 4.96. The molecule has 1 aliphatic rings. The predicted molar refractivity (Wildman–Crippen MR) is 123 cm³/mol. The first kappa shape index (κ1) is 22.2. The second-order valence-electron chi connectivity index (χ2n) is 7.28. The molecule has 0 bridgehead atoms. The van der Waals surface area contributed by atoms with Gasteiger partial charge < -0.3 is 19.1 Å². The fraction of sp³-hybridized carbons (Fsp3) is 0.250.